The van der Waals surface area contributed by atoms with Crippen molar-refractivity contribution in [3.05, 3.63) is 30.3 Å². The van der Waals surface area contributed by atoms with Crippen molar-refractivity contribution < 1.29 is 13.2 Å². The molecule has 1 aromatic heterocycles. The number of carbonyl (C=O) groups is 1. The summed E-state index contributed by atoms with van der Waals surface area (Å²) >= 11 is 0. The zero-order chi connectivity index (χ0) is 17.4. The van der Waals surface area contributed by atoms with Crippen LogP contribution >= 0.6 is 0 Å². The molecule has 1 aliphatic heterocycles. The highest BCUT2D eigenvalue weighted by Crippen LogP contribution is 2.32. The second kappa shape index (κ2) is 6.21. The average molecular weight is 361 g/mol. The lowest BCUT2D eigenvalue weighted by molar-refractivity contribution is -0.134. The van der Waals surface area contributed by atoms with Crippen LogP contribution in [0.3, 0.4) is 0 Å². The van der Waals surface area contributed by atoms with Crippen LogP contribution in [0.2, 0.25) is 0 Å². The van der Waals surface area contributed by atoms with Crippen molar-refractivity contribution in [2.75, 3.05) is 11.5 Å². The lowest BCUT2D eigenvalue weighted by Crippen LogP contribution is -2.44. The zero-order valence-electron chi connectivity index (χ0n) is 13.7. The highest BCUT2D eigenvalue weighted by molar-refractivity contribution is 7.91. The topological polar surface area (TPSA) is 98.1 Å². The van der Waals surface area contributed by atoms with E-state index in [9.17, 15) is 13.2 Å². The van der Waals surface area contributed by atoms with Gasteiger partial charge in [0, 0.05) is 17.6 Å². The predicted octanol–water partition coefficient (Wildman–Crippen LogP) is 0.518. The molecule has 1 amide bonds. The first kappa shape index (κ1) is 16.2. The minimum atomic E-state index is -3.03. The molecule has 4 rings (SSSR count). The molecule has 2 aliphatic rings. The summed E-state index contributed by atoms with van der Waals surface area (Å²) in [6.07, 6.45) is 2.38. The smallest absolute Gasteiger partial charge is 0.246 e. The number of amides is 1. The van der Waals surface area contributed by atoms with Crippen molar-refractivity contribution in [1.82, 2.24) is 25.1 Å². The Hall–Kier alpha value is -2.29. The molecular formula is C16H19N5O3S. The van der Waals surface area contributed by atoms with E-state index in [2.05, 4.69) is 15.4 Å². The molecule has 0 unspecified atom stereocenters. The standard InChI is InChI=1S/C16H19N5O3S/c22-15(21(13-6-7-13)14-8-9-25(23,24)11-14)10-20-18-16(17-19-20)12-4-2-1-3-5-12/h1-5,13-14H,6-11H2/t14-/m0/s1. The maximum Gasteiger partial charge on any atom is 0.246 e. The van der Waals surface area contributed by atoms with Crippen LogP contribution in [-0.4, -0.2) is 63.0 Å². The van der Waals surface area contributed by atoms with E-state index in [1.54, 1.807) is 4.90 Å². The highest BCUT2D eigenvalue weighted by atomic mass is 32.2. The SMILES string of the molecule is O=C(Cn1nnc(-c2ccccc2)n1)N(C1CC1)[C@H]1CCS(=O)(=O)C1. The van der Waals surface area contributed by atoms with Gasteiger partial charge in [0.15, 0.2) is 9.84 Å². The van der Waals surface area contributed by atoms with E-state index in [0.29, 0.717) is 12.2 Å². The van der Waals surface area contributed by atoms with Crippen molar-refractivity contribution in [3.63, 3.8) is 0 Å². The fourth-order valence-electron chi connectivity index (χ4n) is 3.27. The third-order valence-corrected chi connectivity index (χ3v) is 6.34. The fraction of sp³-hybridized carbons (Fsp3) is 0.500. The van der Waals surface area contributed by atoms with Gasteiger partial charge in [-0.1, -0.05) is 30.3 Å². The molecule has 25 heavy (non-hydrogen) atoms. The van der Waals surface area contributed by atoms with Crippen LogP contribution in [0.4, 0.5) is 0 Å². The number of sulfone groups is 1. The van der Waals surface area contributed by atoms with Gasteiger partial charge in [-0.15, -0.1) is 10.2 Å². The van der Waals surface area contributed by atoms with Crippen LogP contribution < -0.4 is 0 Å². The number of aromatic nitrogens is 4. The van der Waals surface area contributed by atoms with E-state index in [1.165, 1.54) is 4.80 Å². The van der Waals surface area contributed by atoms with E-state index in [4.69, 9.17) is 0 Å². The van der Waals surface area contributed by atoms with Gasteiger partial charge in [0.1, 0.15) is 6.54 Å². The largest absolute Gasteiger partial charge is 0.334 e. The molecule has 1 saturated carbocycles. The molecule has 2 heterocycles. The normalized spacial score (nSPS) is 22.0. The number of rotatable bonds is 5. The fourth-order valence-corrected chi connectivity index (χ4v) is 4.98. The van der Waals surface area contributed by atoms with Gasteiger partial charge in [-0.25, -0.2) is 8.42 Å². The summed E-state index contributed by atoms with van der Waals surface area (Å²) in [5, 5.41) is 12.2. The van der Waals surface area contributed by atoms with Crippen LogP contribution in [0.15, 0.2) is 30.3 Å². The van der Waals surface area contributed by atoms with Gasteiger partial charge in [0.2, 0.25) is 11.7 Å². The first-order chi connectivity index (χ1) is 12.0. The van der Waals surface area contributed by atoms with Crippen molar-refractivity contribution in [2.24, 2.45) is 0 Å². The van der Waals surface area contributed by atoms with Crippen molar-refractivity contribution >= 4 is 15.7 Å². The van der Waals surface area contributed by atoms with E-state index >= 15 is 0 Å². The molecule has 9 heteroatoms. The third kappa shape index (κ3) is 3.55. The van der Waals surface area contributed by atoms with E-state index in [1.807, 2.05) is 30.3 Å². The Bertz CT molecular complexity index is 876. The molecule has 1 saturated heterocycles. The Morgan fingerprint density at radius 1 is 1.16 bits per heavy atom. The van der Waals surface area contributed by atoms with E-state index < -0.39 is 9.84 Å². The van der Waals surface area contributed by atoms with Crippen LogP contribution in [0.1, 0.15) is 19.3 Å². The van der Waals surface area contributed by atoms with Gasteiger partial charge >= 0.3 is 0 Å². The molecule has 2 fully saturated rings. The second-order valence-corrected chi connectivity index (χ2v) is 8.83. The van der Waals surface area contributed by atoms with Crippen molar-refractivity contribution in [1.29, 1.82) is 0 Å². The number of hydrogen-bond donors (Lipinski definition) is 0. The van der Waals surface area contributed by atoms with Gasteiger partial charge in [0.05, 0.1) is 11.5 Å². The maximum atomic E-state index is 12.7. The summed E-state index contributed by atoms with van der Waals surface area (Å²) in [6, 6.07) is 9.37. The maximum absolute atomic E-state index is 12.7. The van der Waals surface area contributed by atoms with Crippen molar-refractivity contribution in [3.8, 4) is 11.4 Å². The van der Waals surface area contributed by atoms with Gasteiger partial charge < -0.3 is 4.90 Å². The Balaban J connectivity index is 1.48. The van der Waals surface area contributed by atoms with Crippen LogP contribution in [-0.2, 0) is 21.2 Å². The summed E-state index contributed by atoms with van der Waals surface area (Å²) in [5.41, 5.74) is 0.835. The Morgan fingerprint density at radius 2 is 1.92 bits per heavy atom. The average Bonchev–Trinajstić information content (AvgIpc) is 3.19. The Morgan fingerprint density at radius 3 is 2.56 bits per heavy atom. The molecular weight excluding hydrogens is 342 g/mol. The van der Waals surface area contributed by atoms with Crippen LogP contribution in [0.25, 0.3) is 11.4 Å². The van der Waals surface area contributed by atoms with Gasteiger partial charge in [-0.05, 0) is 24.5 Å². The van der Waals surface area contributed by atoms with Crippen molar-refractivity contribution in [2.45, 2.75) is 37.9 Å². The first-order valence-corrected chi connectivity index (χ1v) is 10.2. The Kier molecular flexibility index (Phi) is 4.03. The molecule has 0 bridgehead atoms. The molecule has 8 nitrogen and oxygen atoms in total. The summed E-state index contributed by atoms with van der Waals surface area (Å²) in [6.45, 7) is -0.0210. The van der Waals surface area contributed by atoms with Crippen LogP contribution in [0.5, 0.6) is 0 Å². The monoisotopic (exact) mass is 361 g/mol. The minimum Gasteiger partial charge on any atom is -0.334 e. The summed E-state index contributed by atoms with van der Waals surface area (Å²) in [5.74, 6) is 0.555. The number of benzene rings is 1. The molecule has 0 spiro atoms. The minimum absolute atomic E-state index is 0.0210. The van der Waals surface area contributed by atoms with Gasteiger partial charge in [0.25, 0.3) is 0 Å². The van der Waals surface area contributed by atoms with E-state index in [0.717, 1.165) is 18.4 Å². The molecule has 0 N–H and O–H groups in total. The lowest BCUT2D eigenvalue weighted by atomic mass is 10.2. The van der Waals surface area contributed by atoms with E-state index in [-0.39, 0.29) is 36.0 Å². The van der Waals surface area contributed by atoms with Gasteiger partial charge in [-0.2, -0.15) is 4.80 Å². The second-order valence-electron chi connectivity index (χ2n) is 6.60. The molecule has 1 atom stereocenters. The molecule has 0 radical (unpaired) electrons. The molecule has 1 aliphatic carbocycles. The van der Waals surface area contributed by atoms with Crippen LogP contribution in [0, 0.1) is 0 Å². The predicted molar refractivity (Wildman–Crippen MR) is 90.2 cm³/mol. The molecule has 2 aromatic rings. The first-order valence-electron chi connectivity index (χ1n) is 8.37. The summed E-state index contributed by atoms with van der Waals surface area (Å²) in [7, 11) is -3.03. The molecule has 132 valence electrons. The quantitative estimate of drug-likeness (QED) is 0.770. The number of hydrogen-bond acceptors (Lipinski definition) is 6. The Labute approximate surface area is 145 Å². The third-order valence-electron chi connectivity index (χ3n) is 4.59. The molecule has 1 aromatic carbocycles. The zero-order valence-corrected chi connectivity index (χ0v) is 14.5. The number of tetrazole rings is 1. The highest BCUT2D eigenvalue weighted by Gasteiger charge is 2.42. The number of nitrogens with zero attached hydrogens (tertiary/aromatic N) is 5. The summed E-state index contributed by atoms with van der Waals surface area (Å²) < 4.78 is 23.5. The lowest BCUT2D eigenvalue weighted by Gasteiger charge is -2.28. The van der Waals surface area contributed by atoms with Gasteiger partial charge in [-0.3, -0.25) is 4.79 Å². The number of carbonyl (C=O) groups excluding carboxylic acids is 1. The summed E-state index contributed by atoms with van der Waals surface area (Å²) in [4.78, 5) is 15.8.